The fourth-order valence-corrected chi connectivity index (χ4v) is 2.86. The van der Waals surface area contributed by atoms with E-state index < -0.39 is 0 Å². The Kier molecular flexibility index (Phi) is 4.44. The third kappa shape index (κ3) is 3.21. The summed E-state index contributed by atoms with van der Waals surface area (Å²) >= 11 is 6.12. The number of fused-ring (bicyclic) bond motifs is 1. The molecule has 0 saturated heterocycles. The number of halogens is 1. The number of anilines is 2. The Morgan fingerprint density at radius 3 is 2.58 bits per heavy atom. The van der Waals surface area contributed by atoms with Crippen molar-refractivity contribution in [1.29, 1.82) is 0 Å². The summed E-state index contributed by atoms with van der Waals surface area (Å²) in [4.78, 5) is 16.0. The van der Waals surface area contributed by atoms with Gasteiger partial charge in [-0.15, -0.1) is 0 Å². The number of aromatic amines is 1. The van der Waals surface area contributed by atoms with Gasteiger partial charge in [-0.2, -0.15) is 5.10 Å². The minimum atomic E-state index is -0.234. The van der Waals surface area contributed by atoms with E-state index in [2.05, 4.69) is 44.3 Å². The summed E-state index contributed by atoms with van der Waals surface area (Å²) in [5.41, 5.74) is 3.12. The Balaban J connectivity index is 1.91. The summed E-state index contributed by atoms with van der Waals surface area (Å²) in [7, 11) is 6.06. The number of rotatable bonds is 4. The van der Waals surface area contributed by atoms with Crippen LogP contribution in [0.2, 0.25) is 5.15 Å². The second kappa shape index (κ2) is 6.53. The van der Waals surface area contributed by atoms with Crippen LogP contribution in [0.4, 0.5) is 11.4 Å². The fraction of sp³-hybridized carbons (Fsp3) is 0.222. The lowest BCUT2D eigenvalue weighted by Gasteiger charge is -2.21. The number of benzene rings is 2. The molecule has 0 bridgehead atoms. The van der Waals surface area contributed by atoms with E-state index in [1.165, 1.54) is 5.56 Å². The van der Waals surface area contributed by atoms with Crippen LogP contribution >= 0.6 is 11.6 Å². The van der Waals surface area contributed by atoms with Crippen LogP contribution in [0, 0.1) is 0 Å². The Labute approximate surface area is 145 Å². The minimum absolute atomic E-state index is 0.234. The van der Waals surface area contributed by atoms with Crippen LogP contribution in [0.3, 0.4) is 0 Å². The second-order valence-corrected chi connectivity index (χ2v) is 6.35. The lowest BCUT2D eigenvalue weighted by molar-refractivity contribution is 0.922. The molecule has 1 heterocycles. The Morgan fingerprint density at radius 1 is 1.04 bits per heavy atom. The molecule has 3 rings (SSSR count). The summed E-state index contributed by atoms with van der Waals surface area (Å²) < 4.78 is 0. The van der Waals surface area contributed by atoms with Crippen molar-refractivity contribution in [3.05, 3.63) is 63.5 Å². The van der Waals surface area contributed by atoms with Crippen LogP contribution < -0.4 is 15.4 Å². The van der Waals surface area contributed by atoms with Gasteiger partial charge in [0.05, 0.1) is 5.39 Å². The number of nitrogens with zero attached hydrogens (tertiary/aromatic N) is 3. The summed E-state index contributed by atoms with van der Waals surface area (Å²) in [5.74, 6) is 0. The maximum atomic E-state index is 11.8. The molecule has 0 aliphatic heterocycles. The van der Waals surface area contributed by atoms with Crippen molar-refractivity contribution in [3.8, 4) is 0 Å². The van der Waals surface area contributed by atoms with Gasteiger partial charge in [-0.1, -0.05) is 23.7 Å². The molecule has 124 valence electrons. The quantitative estimate of drug-likeness (QED) is 0.790. The molecule has 6 heteroatoms. The molecule has 0 unspecified atom stereocenters. The third-order valence-corrected chi connectivity index (χ3v) is 4.30. The molecule has 0 radical (unpaired) electrons. The molecular formula is C18H19ClN4O. The molecule has 0 amide bonds. The van der Waals surface area contributed by atoms with Gasteiger partial charge in [-0.05, 0) is 35.9 Å². The smallest absolute Gasteiger partial charge is 0.272 e. The van der Waals surface area contributed by atoms with Gasteiger partial charge in [0.15, 0.2) is 5.15 Å². The highest BCUT2D eigenvalue weighted by atomic mass is 35.5. The largest absolute Gasteiger partial charge is 0.378 e. The van der Waals surface area contributed by atoms with Gasteiger partial charge in [-0.25, -0.2) is 5.10 Å². The van der Waals surface area contributed by atoms with Crippen LogP contribution in [0.25, 0.3) is 10.8 Å². The molecule has 0 aliphatic carbocycles. The van der Waals surface area contributed by atoms with Crippen LogP contribution in [0.5, 0.6) is 0 Å². The number of hydrogen-bond acceptors (Lipinski definition) is 4. The fourth-order valence-electron chi connectivity index (χ4n) is 2.66. The van der Waals surface area contributed by atoms with Gasteiger partial charge in [-0.3, -0.25) is 4.79 Å². The van der Waals surface area contributed by atoms with Crippen molar-refractivity contribution in [1.82, 2.24) is 10.2 Å². The zero-order valence-corrected chi connectivity index (χ0v) is 14.6. The highest BCUT2D eigenvalue weighted by Crippen LogP contribution is 2.25. The first kappa shape index (κ1) is 16.3. The van der Waals surface area contributed by atoms with Gasteiger partial charge in [0, 0.05) is 44.4 Å². The Morgan fingerprint density at radius 2 is 1.83 bits per heavy atom. The van der Waals surface area contributed by atoms with E-state index in [4.69, 9.17) is 11.6 Å². The first-order chi connectivity index (χ1) is 11.5. The van der Waals surface area contributed by atoms with Gasteiger partial charge < -0.3 is 9.80 Å². The highest BCUT2D eigenvalue weighted by Gasteiger charge is 2.09. The minimum Gasteiger partial charge on any atom is -0.378 e. The van der Waals surface area contributed by atoms with E-state index in [9.17, 15) is 4.79 Å². The van der Waals surface area contributed by atoms with E-state index in [1.807, 2.05) is 33.3 Å². The molecule has 5 nitrogen and oxygen atoms in total. The second-order valence-electron chi connectivity index (χ2n) is 5.99. The van der Waals surface area contributed by atoms with Crippen LogP contribution in [-0.4, -0.2) is 31.3 Å². The van der Waals surface area contributed by atoms with Crippen LogP contribution in [-0.2, 0) is 6.54 Å². The molecule has 0 aliphatic rings. The molecule has 1 aromatic heterocycles. The van der Waals surface area contributed by atoms with Gasteiger partial charge in [0.2, 0.25) is 0 Å². The third-order valence-electron chi connectivity index (χ3n) is 4.01. The van der Waals surface area contributed by atoms with Crippen molar-refractivity contribution in [2.75, 3.05) is 30.9 Å². The predicted molar refractivity (Wildman–Crippen MR) is 100 cm³/mol. The molecule has 0 saturated carbocycles. The summed E-state index contributed by atoms with van der Waals surface area (Å²) in [6, 6.07) is 14.0. The standard InChI is InChI=1S/C18H19ClN4O/c1-22(2)13-6-4-5-12(9-13)11-23(3)14-7-8-15-16(10-14)17(19)20-21-18(15)24/h4-10H,11H2,1-3H3,(H,21,24). The van der Waals surface area contributed by atoms with Crippen molar-refractivity contribution in [3.63, 3.8) is 0 Å². The van der Waals surface area contributed by atoms with Crippen molar-refractivity contribution < 1.29 is 0 Å². The molecule has 3 aromatic rings. The van der Waals surface area contributed by atoms with E-state index >= 15 is 0 Å². The average Bonchev–Trinajstić information content (AvgIpc) is 2.58. The summed E-state index contributed by atoms with van der Waals surface area (Å²) in [6.45, 7) is 0.751. The zero-order valence-electron chi connectivity index (χ0n) is 13.9. The number of aromatic nitrogens is 2. The van der Waals surface area contributed by atoms with E-state index in [0.717, 1.165) is 17.9 Å². The monoisotopic (exact) mass is 342 g/mol. The SMILES string of the molecule is CN(C)c1cccc(CN(C)c2ccc3c(=O)[nH]nc(Cl)c3c2)c1. The maximum Gasteiger partial charge on any atom is 0.272 e. The zero-order chi connectivity index (χ0) is 17.3. The molecule has 0 fully saturated rings. The van der Waals surface area contributed by atoms with Gasteiger partial charge in [0.1, 0.15) is 0 Å². The lowest BCUT2D eigenvalue weighted by Crippen LogP contribution is -2.17. The van der Waals surface area contributed by atoms with E-state index in [0.29, 0.717) is 15.9 Å². The Hall–Kier alpha value is -2.53. The molecular weight excluding hydrogens is 324 g/mol. The predicted octanol–water partition coefficient (Wildman–Crippen LogP) is 3.28. The molecule has 0 spiro atoms. The first-order valence-corrected chi connectivity index (χ1v) is 7.99. The van der Waals surface area contributed by atoms with Crippen molar-refractivity contribution in [2.24, 2.45) is 0 Å². The number of hydrogen-bond donors (Lipinski definition) is 1. The molecule has 24 heavy (non-hydrogen) atoms. The number of nitrogens with one attached hydrogen (secondary N) is 1. The van der Waals surface area contributed by atoms with Crippen molar-refractivity contribution in [2.45, 2.75) is 6.54 Å². The summed E-state index contributed by atoms with van der Waals surface area (Å²) in [6.07, 6.45) is 0. The van der Waals surface area contributed by atoms with E-state index in [1.54, 1.807) is 6.07 Å². The number of H-pyrrole nitrogens is 1. The van der Waals surface area contributed by atoms with Crippen molar-refractivity contribution >= 4 is 33.7 Å². The molecule has 1 N–H and O–H groups in total. The first-order valence-electron chi connectivity index (χ1n) is 7.61. The normalized spacial score (nSPS) is 10.8. The topological polar surface area (TPSA) is 52.2 Å². The maximum absolute atomic E-state index is 11.8. The average molecular weight is 343 g/mol. The molecule has 0 atom stereocenters. The van der Waals surface area contributed by atoms with Gasteiger partial charge >= 0.3 is 0 Å². The van der Waals surface area contributed by atoms with E-state index in [-0.39, 0.29) is 5.56 Å². The van der Waals surface area contributed by atoms with Crippen LogP contribution in [0.15, 0.2) is 47.3 Å². The van der Waals surface area contributed by atoms with Gasteiger partial charge in [0.25, 0.3) is 5.56 Å². The van der Waals surface area contributed by atoms with Crippen LogP contribution in [0.1, 0.15) is 5.56 Å². The Bertz CT molecular complexity index is 936. The molecule has 2 aromatic carbocycles. The highest BCUT2D eigenvalue weighted by molar-refractivity contribution is 6.34. The lowest BCUT2D eigenvalue weighted by atomic mass is 10.1. The summed E-state index contributed by atoms with van der Waals surface area (Å²) in [5, 5.41) is 7.72.